The predicted molar refractivity (Wildman–Crippen MR) is 78.9 cm³/mol. The van der Waals surface area contributed by atoms with Gasteiger partial charge in [0, 0.05) is 18.6 Å². The van der Waals surface area contributed by atoms with Crippen molar-refractivity contribution in [3.63, 3.8) is 0 Å². The molecular weight excluding hydrogens is 260 g/mol. The topological polar surface area (TPSA) is 68.2 Å². The normalized spacial score (nSPS) is 12.0. The number of aliphatic hydroxyl groups excluding tert-OH is 2. The number of hydrogen-bond acceptors (Lipinski definition) is 5. The van der Waals surface area contributed by atoms with Crippen molar-refractivity contribution in [3.05, 3.63) is 0 Å². The van der Waals surface area contributed by atoms with E-state index in [0.717, 1.165) is 25.9 Å². The lowest BCUT2D eigenvalue weighted by Gasteiger charge is -2.27. The van der Waals surface area contributed by atoms with Crippen LogP contribution in [0.5, 0.6) is 0 Å². The molecule has 0 aliphatic carbocycles. The maximum atomic E-state index is 9.28. The van der Waals surface area contributed by atoms with Gasteiger partial charge in [0.05, 0.1) is 39.6 Å². The van der Waals surface area contributed by atoms with E-state index in [-0.39, 0.29) is 13.2 Å². The maximum absolute atomic E-state index is 9.28. The van der Waals surface area contributed by atoms with Gasteiger partial charge in [0.2, 0.25) is 0 Å². The summed E-state index contributed by atoms with van der Waals surface area (Å²) in [6.45, 7) is 7.74. The Balaban J connectivity index is 3.32. The highest BCUT2D eigenvalue weighted by Crippen LogP contribution is 2.24. The molecule has 0 saturated carbocycles. The van der Waals surface area contributed by atoms with Crippen molar-refractivity contribution in [2.24, 2.45) is 5.41 Å². The SMILES string of the molecule is CCCCOCCOCCOCCC(CC)(CO)CO. The first kappa shape index (κ1) is 19.8. The fraction of sp³-hybridized carbons (Fsp3) is 1.00. The van der Waals surface area contributed by atoms with Gasteiger partial charge < -0.3 is 24.4 Å². The smallest absolute Gasteiger partial charge is 0.0701 e. The number of ether oxygens (including phenoxy) is 3. The van der Waals surface area contributed by atoms with Gasteiger partial charge in [0.25, 0.3) is 0 Å². The average molecular weight is 292 g/mol. The van der Waals surface area contributed by atoms with Crippen LogP contribution in [-0.4, -0.2) is 63.1 Å². The molecule has 0 amide bonds. The van der Waals surface area contributed by atoms with Crippen molar-refractivity contribution in [1.82, 2.24) is 0 Å². The lowest BCUT2D eigenvalue weighted by atomic mass is 9.84. The summed E-state index contributed by atoms with van der Waals surface area (Å²) in [4.78, 5) is 0. The monoisotopic (exact) mass is 292 g/mol. The van der Waals surface area contributed by atoms with E-state index in [0.29, 0.717) is 39.5 Å². The number of rotatable bonds is 15. The van der Waals surface area contributed by atoms with E-state index in [1.54, 1.807) is 0 Å². The van der Waals surface area contributed by atoms with E-state index in [1.807, 2.05) is 6.92 Å². The van der Waals surface area contributed by atoms with Gasteiger partial charge in [0.15, 0.2) is 0 Å². The molecule has 2 N–H and O–H groups in total. The van der Waals surface area contributed by atoms with Crippen LogP contribution in [-0.2, 0) is 14.2 Å². The van der Waals surface area contributed by atoms with Crippen LogP contribution < -0.4 is 0 Å². The molecule has 0 radical (unpaired) electrons. The minimum Gasteiger partial charge on any atom is -0.396 e. The summed E-state index contributed by atoms with van der Waals surface area (Å²) >= 11 is 0. The van der Waals surface area contributed by atoms with Crippen LogP contribution in [0, 0.1) is 5.41 Å². The van der Waals surface area contributed by atoms with Crippen molar-refractivity contribution in [3.8, 4) is 0 Å². The summed E-state index contributed by atoms with van der Waals surface area (Å²) in [6, 6.07) is 0. The van der Waals surface area contributed by atoms with Crippen LogP contribution in [0.25, 0.3) is 0 Å². The molecule has 122 valence electrons. The zero-order chi connectivity index (χ0) is 15.1. The quantitative estimate of drug-likeness (QED) is 0.449. The molecule has 0 fully saturated rings. The Kier molecular flexibility index (Phi) is 13.6. The van der Waals surface area contributed by atoms with E-state index in [2.05, 4.69) is 6.92 Å². The van der Waals surface area contributed by atoms with E-state index in [1.165, 1.54) is 0 Å². The summed E-state index contributed by atoms with van der Waals surface area (Å²) in [5, 5.41) is 18.6. The molecule has 0 heterocycles. The van der Waals surface area contributed by atoms with Gasteiger partial charge in [-0.1, -0.05) is 20.3 Å². The third-order valence-electron chi connectivity index (χ3n) is 3.58. The summed E-state index contributed by atoms with van der Waals surface area (Å²) in [6.07, 6.45) is 3.65. The summed E-state index contributed by atoms with van der Waals surface area (Å²) in [5.74, 6) is 0. The molecule has 0 atom stereocenters. The Bertz CT molecular complexity index is 186. The van der Waals surface area contributed by atoms with Crippen LogP contribution in [0.1, 0.15) is 39.5 Å². The number of hydrogen-bond donors (Lipinski definition) is 2. The van der Waals surface area contributed by atoms with Crippen LogP contribution in [0.15, 0.2) is 0 Å². The zero-order valence-corrected chi connectivity index (χ0v) is 13.1. The molecule has 5 nitrogen and oxygen atoms in total. The predicted octanol–water partition coefficient (Wildman–Crippen LogP) is 1.61. The van der Waals surface area contributed by atoms with Crippen molar-refractivity contribution in [1.29, 1.82) is 0 Å². The highest BCUT2D eigenvalue weighted by atomic mass is 16.5. The second-order valence-corrected chi connectivity index (χ2v) is 5.11. The van der Waals surface area contributed by atoms with Crippen molar-refractivity contribution in [2.45, 2.75) is 39.5 Å². The Morgan fingerprint density at radius 2 is 1.25 bits per heavy atom. The highest BCUT2D eigenvalue weighted by Gasteiger charge is 2.25. The number of aliphatic hydroxyl groups is 2. The fourth-order valence-corrected chi connectivity index (χ4v) is 1.69. The lowest BCUT2D eigenvalue weighted by molar-refractivity contribution is -0.0102. The summed E-state index contributed by atoms with van der Waals surface area (Å²) in [7, 11) is 0. The Morgan fingerprint density at radius 1 is 0.750 bits per heavy atom. The van der Waals surface area contributed by atoms with Gasteiger partial charge in [-0.15, -0.1) is 0 Å². The zero-order valence-electron chi connectivity index (χ0n) is 13.1. The molecule has 0 aromatic heterocycles. The fourth-order valence-electron chi connectivity index (χ4n) is 1.69. The van der Waals surface area contributed by atoms with Gasteiger partial charge in [0.1, 0.15) is 0 Å². The molecule has 0 aromatic rings. The van der Waals surface area contributed by atoms with Crippen molar-refractivity contribution in [2.75, 3.05) is 52.9 Å². The van der Waals surface area contributed by atoms with Gasteiger partial charge in [-0.25, -0.2) is 0 Å². The lowest BCUT2D eigenvalue weighted by Crippen LogP contribution is -2.30. The third-order valence-corrected chi connectivity index (χ3v) is 3.58. The second kappa shape index (κ2) is 13.8. The minimum absolute atomic E-state index is 0.00500. The van der Waals surface area contributed by atoms with Gasteiger partial charge in [-0.2, -0.15) is 0 Å². The molecule has 0 spiro atoms. The van der Waals surface area contributed by atoms with Crippen LogP contribution in [0.4, 0.5) is 0 Å². The molecule has 0 aromatic carbocycles. The minimum atomic E-state index is -0.409. The Morgan fingerprint density at radius 3 is 1.70 bits per heavy atom. The van der Waals surface area contributed by atoms with E-state index in [4.69, 9.17) is 14.2 Å². The first-order valence-corrected chi connectivity index (χ1v) is 7.69. The van der Waals surface area contributed by atoms with E-state index < -0.39 is 5.41 Å². The maximum Gasteiger partial charge on any atom is 0.0701 e. The molecule has 20 heavy (non-hydrogen) atoms. The van der Waals surface area contributed by atoms with Crippen molar-refractivity contribution >= 4 is 0 Å². The largest absolute Gasteiger partial charge is 0.396 e. The third kappa shape index (κ3) is 9.66. The first-order valence-electron chi connectivity index (χ1n) is 7.69. The Labute approximate surface area is 123 Å². The van der Waals surface area contributed by atoms with Crippen molar-refractivity contribution < 1.29 is 24.4 Å². The molecule has 0 rings (SSSR count). The number of unbranched alkanes of at least 4 members (excludes halogenated alkanes) is 1. The van der Waals surface area contributed by atoms with E-state index in [9.17, 15) is 10.2 Å². The molecule has 0 aliphatic rings. The standard InChI is InChI=1S/C15H32O5/c1-3-5-7-18-9-11-20-12-10-19-8-6-15(4-2,13-16)14-17/h16-17H,3-14H2,1-2H3. The summed E-state index contributed by atoms with van der Waals surface area (Å²) < 4.78 is 16.2. The van der Waals surface area contributed by atoms with Crippen LogP contribution >= 0.6 is 0 Å². The van der Waals surface area contributed by atoms with Gasteiger partial charge >= 0.3 is 0 Å². The van der Waals surface area contributed by atoms with E-state index >= 15 is 0 Å². The molecular formula is C15H32O5. The van der Waals surface area contributed by atoms with Gasteiger partial charge in [-0.3, -0.25) is 0 Å². The molecule has 5 heteroatoms. The summed E-state index contributed by atoms with van der Waals surface area (Å²) in [5.41, 5.74) is -0.409. The van der Waals surface area contributed by atoms with Crippen LogP contribution in [0.2, 0.25) is 0 Å². The molecule has 0 unspecified atom stereocenters. The molecule has 0 saturated heterocycles. The first-order chi connectivity index (χ1) is 9.74. The van der Waals surface area contributed by atoms with Gasteiger partial charge in [-0.05, 0) is 19.3 Å². The molecule has 0 aliphatic heterocycles. The highest BCUT2D eigenvalue weighted by molar-refractivity contribution is 4.75. The van der Waals surface area contributed by atoms with Crippen LogP contribution in [0.3, 0.4) is 0 Å². The molecule has 0 bridgehead atoms. The second-order valence-electron chi connectivity index (χ2n) is 5.11. The average Bonchev–Trinajstić information content (AvgIpc) is 2.49. The Hall–Kier alpha value is -0.200.